The molecule has 0 bridgehead atoms. The van der Waals surface area contributed by atoms with Gasteiger partial charge in [0.15, 0.2) is 0 Å². The average Bonchev–Trinajstić information content (AvgIpc) is 3.08. The molecule has 0 saturated carbocycles. The second-order valence-electron chi connectivity index (χ2n) is 7.29. The van der Waals surface area contributed by atoms with E-state index in [9.17, 15) is 0 Å². The van der Waals surface area contributed by atoms with Gasteiger partial charge in [0.05, 0.1) is 24.1 Å². The van der Waals surface area contributed by atoms with E-state index in [1.807, 2.05) is 54.3 Å². The van der Waals surface area contributed by atoms with Crippen molar-refractivity contribution >= 4 is 11.6 Å². The first-order valence-electron chi connectivity index (χ1n) is 9.70. The molecule has 0 radical (unpaired) electrons. The maximum atomic E-state index is 6.17. The number of halogens is 1. The first kappa shape index (κ1) is 19.1. The molecule has 0 amide bonds. The quantitative estimate of drug-likeness (QED) is 0.622. The molecule has 0 unspecified atom stereocenters. The Morgan fingerprint density at radius 3 is 2.75 bits per heavy atom. The van der Waals surface area contributed by atoms with E-state index < -0.39 is 0 Å². The van der Waals surface area contributed by atoms with Gasteiger partial charge in [0.25, 0.3) is 0 Å². The van der Waals surface area contributed by atoms with Crippen LogP contribution in [0.4, 0.5) is 0 Å². The van der Waals surface area contributed by atoms with Gasteiger partial charge in [-0.25, -0.2) is 0 Å². The summed E-state index contributed by atoms with van der Waals surface area (Å²) in [4.78, 5) is 6.80. The summed E-state index contributed by atoms with van der Waals surface area (Å²) in [7, 11) is 1.97. The normalized spacial score (nSPS) is 15.8. The number of hydrogen-bond acceptors (Lipinski definition) is 4. The van der Waals surface area contributed by atoms with E-state index >= 15 is 0 Å². The van der Waals surface area contributed by atoms with Crippen LogP contribution < -0.4 is 0 Å². The molecule has 1 aliphatic heterocycles. The molecule has 1 aromatic carbocycles. The summed E-state index contributed by atoms with van der Waals surface area (Å²) in [6, 6.07) is 13.8. The number of rotatable bonds is 6. The standard InChI is InChI=1S/C22H25ClN4O/c1-26-14-18(22(25-26)17-5-4-6-19(23)13-17)15-27-11-8-21(9-12-27)28-16-20-7-2-3-10-24-20/h2-7,10,13-14,21H,8-9,11-12,15-16H2,1H3. The maximum absolute atomic E-state index is 6.17. The third-order valence-electron chi connectivity index (χ3n) is 5.12. The minimum Gasteiger partial charge on any atom is -0.372 e. The number of pyridine rings is 1. The lowest BCUT2D eigenvalue weighted by Gasteiger charge is -2.31. The topological polar surface area (TPSA) is 43.2 Å². The van der Waals surface area contributed by atoms with Gasteiger partial charge < -0.3 is 4.74 Å². The van der Waals surface area contributed by atoms with Crippen LogP contribution in [0.2, 0.25) is 5.02 Å². The lowest BCUT2D eigenvalue weighted by atomic mass is 10.0. The van der Waals surface area contributed by atoms with Crippen LogP contribution in [0.15, 0.2) is 54.9 Å². The van der Waals surface area contributed by atoms with Crippen LogP contribution in [0.25, 0.3) is 11.3 Å². The van der Waals surface area contributed by atoms with Gasteiger partial charge in [-0.3, -0.25) is 14.6 Å². The third-order valence-corrected chi connectivity index (χ3v) is 5.36. The number of aryl methyl sites for hydroxylation is 1. The highest BCUT2D eigenvalue weighted by Crippen LogP contribution is 2.26. The van der Waals surface area contributed by atoms with Crippen molar-refractivity contribution in [1.29, 1.82) is 0 Å². The van der Waals surface area contributed by atoms with E-state index in [2.05, 4.69) is 27.2 Å². The number of piperidine rings is 1. The minimum absolute atomic E-state index is 0.305. The van der Waals surface area contributed by atoms with Crippen LogP contribution in [-0.2, 0) is 24.9 Å². The fourth-order valence-corrected chi connectivity index (χ4v) is 3.88. The Bertz CT molecular complexity index is 904. The number of aromatic nitrogens is 3. The summed E-state index contributed by atoms with van der Waals surface area (Å²) >= 11 is 6.17. The monoisotopic (exact) mass is 396 g/mol. The largest absolute Gasteiger partial charge is 0.372 e. The predicted octanol–water partition coefficient (Wildman–Crippen LogP) is 4.32. The Morgan fingerprint density at radius 1 is 1.14 bits per heavy atom. The molecule has 0 spiro atoms. The van der Waals surface area contributed by atoms with Crippen molar-refractivity contribution in [2.24, 2.45) is 7.05 Å². The van der Waals surface area contributed by atoms with Gasteiger partial charge in [-0.15, -0.1) is 0 Å². The van der Waals surface area contributed by atoms with Crippen molar-refractivity contribution < 1.29 is 4.74 Å². The minimum atomic E-state index is 0.305. The Hall–Kier alpha value is -2.21. The van der Waals surface area contributed by atoms with Crippen molar-refractivity contribution in [3.63, 3.8) is 0 Å². The molecule has 0 aliphatic carbocycles. The third kappa shape index (κ3) is 4.79. The molecule has 1 aliphatic rings. The number of nitrogens with zero attached hydrogens (tertiary/aromatic N) is 4. The first-order chi connectivity index (χ1) is 13.7. The van der Waals surface area contributed by atoms with Crippen molar-refractivity contribution in [2.75, 3.05) is 13.1 Å². The maximum Gasteiger partial charge on any atom is 0.0968 e. The van der Waals surface area contributed by atoms with E-state index in [0.717, 1.165) is 54.4 Å². The molecule has 0 atom stereocenters. The Kier molecular flexibility index (Phi) is 6.05. The molecule has 5 nitrogen and oxygen atoms in total. The molecular formula is C22H25ClN4O. The van der Waals surface area contributed by atoms with Gasteiger partial charge in [-0.2, -0.15) is 5.10 Å². The summed E-state index contributed by atoms with van der Waals surface area (Å²) in [5, 5.41) is 5.40. The van der Waals surface area contributed by atoms with Crippen LogP contribution in [-0.4, -0.2) is 38.9 Å². The molecule has 146 valence electrons. The van der Waals surface area contributed by atoms with Crippen LogP contribution in [0.5, 0.6) is 0 Å². The van der Waals surface area contributed by atoms with Crippen molar-refractivity contribution in [3.8, 4) is 11.3 Å². The highest BCUT2D eigenvalue weighted by molar-refractivity contribution is 6.30. The summed E-state index contributed by atoms with van der Waals surface area (Å²) in [6.45, 7) is 3.53. The number of benzene rings is 1. The lowest BCUT2D eigenvalue weighted by molar-refractivity contribution is -0.00520. The molecule has 3 aromatic rings. The molecule has 0 N–H and O–H groups in total. The van der Waals surface area contributed by atoms with E-state index in [-0.39, 0.29) is 0 Å². The lowest BCUT2D eigenvalue weighted by Crippen LogP contribution is -2.36. The molecule has 6 heteroatoms. The molecule has 1 fully saturated rings. The van der Waals surface area contributed by atoms with E-state index in [1.54, 1.807) is 0 Å². The Labute approximate surface area is 170 Å². The summed E-state index contributed by atoms with van der Waals surface area (Å²) in [5.41, 5.74) is 4.30. The highest BCUT2D eigenvalue weighted by Gasteiger charge is 2.22. The van der Waals surface area contributed by atoms with Gasteiger partial charge in [-0.1, -0.05) is 29.8 Å². The number of hydrogen-bond donors (Lipinski definition) is 0. The highest BCUT2D eigenvalue weighted by atomic mass is 35.5. The Morgan fingerprint density at radius 2 is 2.00 bits per heavy atom. The van der Waals surface area contributed by atoms with Crippen molar-refractivity contribution in [2.45, 2.75) is 32.1 Å². The summed E-state index contributed by atoms with van der Waals surface area (Å²) in [5.74, 6) is 0. The second kappa shape index (κ2) is 8.86. The Balaban J connectivity index is 1.34. The SMILES string of the molecule is Cn1cc(CN2CCC(OCc3ccccn3)CC2)c(-c2cccc(Cl)c2)n1. The summed E-state index contributed by atoms with van der Waals surface area (Å²) in [6.07, 6.45) is 6.31. The number of likely N-dealkylation sites (tertiary alicyclic amines) is 1. The van der Waals surface area contributed by atoms with Gasteiger partial charge >= 0.3 is 0 Å². The van der Waals surface area contributed by atoms with Gasteiger partial charge in [0.1, 0.15) is 0 Å². The van der Waals surface area contributed by atoms with Crippen LogP contribution in [0.1, 0.15) is 24.1 Å². The van der Waals surface area contributed by atoms with E-state index in [4.69, 9.17) is 16.3 Å². The van der Waals surface area contributed by atoms with Crippen molar-refractivity contribution in [1.82, 2.24) is 19.7 Å². The molecule has 3 heterocycles. The van der Waals surface area contributed by atoms with Gasteiger partial charge in [-0.05, 0) is 37.1 Å². The molecule has 1 saturated heterocycles. The molecule has 2 aromatic heterocycles. The van der Waals surface area contributed by atoms with E-state index in [1.165, 1.54) is 5.56 Å². The number of ether oxygens (including phenoxy) is 1. The fraction of sp³-hybridized carbons (Fsp3) is 0.364. The summed E-state index contributed by atoms with van der Waals surface area (Å²) < 4.78 is 7.94. The van der Waals surface area contributed by atoms with Gasteiger partial charge in [0.2, 0.25) is 0 Å². The van der Waals surface area contributed by atoms with Crippen LogP contribution >= 0.6 is 11.6 Å². The molecular weight excluding hydrogens is 372 g/mol. The zero-order valence-electron chi connectivity index (χ0n) is 16.1. The average molecular weight is 397 g/mol. The molecule has 28 heavy (non-hydrogen) atoms. The van der Waals surface area contributed by atoms with Gasteiger partial charge in [0, 0.05) is 55.2 Å². The fourth-order valence-electron chi connectivity index (χ4n) is 3.69. The second-order valence-corrected chi connectivity index (χ2v) is 7.73. The molecule has 4 rings (SSSR count). The van der Waals surface area contributed by atoms with Crippen LogP contribution in [0, 0.1) is 0 Å². The van der Waals surface area contributed by atoms with E-state index in [0.29, 0.717) is 12.7 Å². The zero-order valence-corrected chi connectivity index (χ0v) is 16.8. The predicted molar refractivity (Wildman–Crippen MR) is 111 cm³/mol. The zero-order chi connectivity index (χ0) is 19.3. The smallest absolute Gasteiger partial charge is 0.0968 e. The van der Waals surface area contributed by atoms with Crippen molar-refractivity contribution in [3.05, 3.63) is 71.1 Å². The first-order valence-corrected chi connectivity index (χ1v) is 10.1. The van der Waals surface area contributed by atoms with Crippen LogP contribution in [0.3, 0.4) is 0 Å².